The van der Waals surface area contributed by atoms with E-state index in [4.69, 9.17) is 0 Å². The van der Waals surface area contributed by atoms with Gasteiger partial charge >= 0.3 is 0 Å². The Morgan fingerprint density at radius 1 is 1.19 bits per heavy atom. The number of hydrogen-bond acceptors (Lipinski definition) is 3. The number of anilines is 1. The van der Waals surface area contributed by atoms with Crippen molar-refractivity contribution in [1.29, 1.82) is 0 Å². The maximum atomic E-state index is 11.0. The largest absolute Gasteiger partial charge is 0.378 e. The fourth-order valence-electron chi connectivity index (χ4n) is 2.15. The van der Waals surface area contributed by atoms with Gasteiger partial charge < -0.3 is 5.32 Å². The van der Waals surface area contributed by atoms with Crippen molar-refractivity contribution in [3.05, 3.63) is 67.7 Å². The molecule has 0 aromatic heterocycles. The number of nitrogens with one attached hydrogen (secondary N) is 1. The Kier molecular flexibility index (Phi) is 4.63. The third-order valence-corrected chi connectivity index (χ3v) is 4.08. The van der Waals surface area contributed by atoms with Gasteiger partial charge in [-0.3, -0.25) is 10.1 Å². The van der Waals surface area contributed by atoms with Crippen LogP contribution in [0, 0.1) is 24.0 Å². The molecule has 0 aliphatic heterocycles. The number of nitrogens with zero attached hydrogens (tertiary/aromatic N) is 1. The number of benzene rings is 2. The van der Waals surface area contributed by atoms with Crippen LogP contribution in [-0.4, -0.2) is 4.92 Å². The minimum absolute atomic E-state index is 0.0247. The van der Waals surface area contributed by atoms with Crippen LogP contribution in [0.5, 0.6) is 0 Å². The summed E-state index contributed by atoms with van der Waals surface area (Å²) in [6.07, 6.45) is 0. The van der Waals surface area contributed by atoms with E-state index in [1.54, 1.807) is 19.1 Å². The molecule has 1 atom stereocenters. The second kappa shape index (κ2) is 6.26. The predicted molar refractivity (Wildman–Crippen MR) is 88.8 cm³/mol. The lowest BCUT2D eigenvalue weighted by atomic mass is 10.0. The lowest BCUT2D eigenvalue weighted by Crippen LogP contribution is -2.08. The third-order valence-electron chi connectivity index (χ3n) is 3.43. The molecule has 5 heteroatoms. The first kappa shape index (κ1) is 15.5. The summed E-state index contributed by atoms with van der Waals surface area (Å²) in [5, 5.41) is 14.4. The molecule has 2 rings (SSSR count). The summed E-state index contributed by atoms with van der Waals surface area (Å²) in [6, 6.07) is 11.4. The van der Waals surface area contributed by atoms with Gasteiger partial charge in [0.25, 0.3) is 5.69 Å². The first-order valence-electron chi connectivity index (χ1n) is 6.66. The maximum absolute atomic E-state index is 11.0. The number of rotatable bonds is 4. The van der Waals surface area contributed by atoms with Crippen LogP contribution in [0.2, 0.25) is 0 Å². The number of aryl methyl sites for hydroxylation is 2. The molecule has 1 N–H and O–H groups in total. The van der Waals surface area contributed by atoms with E-state index in [1.807, 2.05) is 38.1 Å². The van der Waals surface area contributed by atoms with Gasteiger partial charge in [-0.15, -0.1) is 0 Å². The minimum atomic E-state index is -0.340. The average Bonchev–Trinajstić information content (AvgIpc) is 2.42. The molecule has 0 spiro atoms. The van der Waals surface area contributed by atoms with E-state index in [2.05, 4.69) is 21.2 Å². The molecule has 0 saturated carbocycles. The summed E-state index contributed by atoms with van der Waals surface area (Å²) in [6.45, 7) is 5.76. The van der Waals surface area contributed by atoms with Gasteiger partial charge in [0.2, 0.25) is 0 Å². The smallest absolute Gasteiger partial charge is 0.272 e. The standard InChI is InChI=1S/C16H17BrN2O2/c1-10-4-7-15(14(17)8-10)18-12(3)13-6-5-11(2)16(9-13)19(20)21/h4-9,12,18H,1-3H3. The lowest BCUT2D eigenvalue weighted by molar-refractivity contribution is -0.385. The second-order valence-electron chi connectivity index (χ2n) is 5.15. The zero-order valence-corrected chi connectivity index (χ0v) is 13.8. The number of hydrogen-bond donors (Lipinski definition) is 1. The van der Waals surface area contributed by atoms with Gasteiger partial charge in [0.1, 0.15) is 0 Å². The fraction of sp³-hybridized carbons (Fsp3) is 0.250. The van der Waals surface area contributed by atoms with Crippen molar-refractivity contribution in [1.82, 2.24) is 0 Å². The molecule has 21 heavy (non-hydrogen) atoms. The highest BCUT2D eigenvalue weighted by molar-refractivity contribution is 9.10. The van der Waals surface area contributed by atoms with E-state index in [1.165, 1.54) is 5.56 Å². The van der Waals surface area contributed by atoms with Crippen LogP contribution in [0.25, 0.3) is 0 Å². The highest BCUT2D eigenvalue weighted by Gasteiger charge is 2.15. The third kappa shape index (κ3) is 3.61. The van der Waals surface area contributed by atoms with E-state index in [0.29, 0.717) is 5.56 Å². The fourth-order valence-corrected chi connectivity index (χ4v) is 2.75. The molecule has 0 aliphatic rings. The van der Waals surface area contributed by atoms with Crippen LogP contribution in [0.4, 0.5) is 11.4 Å². The van der Waals surface area contributed by atoms with Gasteiger partial charge in [0.15, 0.2) is 0 Å². The Bertz CT molecular complexity index is 686. The van der Waals surface area contributed by atoms with Crippen LogP contribution in [0.1, 0.15) is 29.7 Å². The topological polar surface area (TPSA) is 55.2 Å². The monoisotopic (exact) mass is 348 g/mol. The Hall–Kier alpha value is -1.88. The van der Waals surface area contributed by atoms with Crippen molar-refractivity contribution in [2.45, 2.75) is 26.8 Å². The lowest BCUT2D eigenvalue weighted by Gasteiger charge is -2.17. The van der Waals surface area contributed by atoms with Gasteiger partial charge in [-0.2, -0.15) is 0 Å². The molecule has 1 unspecified atom stereocenters. The zero-order chi connectivity index (χ0) is 15.6. The Labute approximate surface area is 132 Å². The molecule has 2 aromatic rings. The SMILES string of the molecule is Cc1ccc(NC(C)c2ccc(C)c([N+](=O)[O-])c2)c(Br)c1. The summed E-state index contributed by atoms with van der Waals surface area (Å²) in [5.41, 5.74) is 3.86. The predicted octanol–water partition coefficient (Wildman–Crippen LogP) is 5.15. The van der Waals surface area contributed by atoms with Gasteiger partial charge in [0.05, 0.1) is 4.92 Å². The van der Waals surface area contributed by atoms with Crippen molar-refractivity contribution >= 4 is 27.3 Å². The zero-order valence-electron chi connectivity index (χ0n) is 12.2. The molecule has 0 fully saturated rings. The summed E-state index contributed by atoms with van der Waals surface area (Å²) in [5.74, 6) is 0. The van der Waals surface area contributed by atoms with Crippen LogP contribution in [-0.2, 0) is 0 Å². The van der Waals surface area contributed by atoms with E-state index < -0.39 is 0 Å². The van der Waals surface area contributed by atoms with Gasteiger partial charge in [-0.25, -0.2) is 0 Å². The summed E-state index contributed by atoms with van der Waals surface area (Å²) >= 11 is 3.53. The quantitative estimate of drug-likeness (QED) is 0.614. The molecular weight excluding hydrogens is 332 g/mol. The maximum Gasteiger partial charge on any atom is 0.272 e. The minimum Gasteiger partial charge on any atom is -0.378 e. The van der Waals surface area contributed by atoms with Gasteiger partial charge in [-0.1, -0.05) is 18.2 Å². The van der Waals surface area contributed by atoms with Crippen molar-refractivity contribution in [2.24, 2.45) is 0 Å². The molecular formula is C16H17BrN2O2. The Morgan fingerprint density at radius 2 is 1.90 bits per heavy atom. The summed E-state index contributed by atoms with van der Waals surface area (Å²) in [7, 11) is 0. The van der Waals surface area contributed by atoms with E-state index in [0.717, 1.165) is 15.7 Å². The highest BCUT2D eigenvalue weighted by atomic mass is 79.9. The summed E-state index contributed by atoms with van der Waals surface area (Å²) < 4.78 is 0.982. The number of nitro benzene ring substituents is 1. The van der Waals surface area contributed by atoms with Crippen molar-refractivity contribution in [3.8, 4) is 0 Å². The molecule has 0 saturated heterocycles. The Morgan fingerprint density at radius 3 is 2.52 bits per heavy atom. The molecule has 0 heterocycles. The van der Waals surface area contributed by atoms with Gasteiger partial charge in [-0.05, 0) is 60.0 Å². The van der Waals surface area contributed by atoms with Crippen LogP contribution in [0.3, 0.4) is 0 Å². The first-order chi connectivity index (χ1) is 9.88. The van der Waals surface area contributed by atoms with E-state index in [-0.39, 0.29) is 16.7 Å². The molecule has 2 aromatic carbocycles. The van der Waals surface area contributed by atoms with Crippen molar-refractivity contribution in [2.75, 3.05) is 5.32 Å². The molecule has 0 aliphatic carbocycles. The van der Waals surface area contributed by atoms with Crippen LogP contribution in [0.15, 0.2) is 40.9 Å². The van der Waals surface area contributed by atoms with E-state index >= 15 is 0 Å². The molecule has 4 nitrogen and oxygen atoms in total. The van der Waals surface area contributed by atoms with Crippen molar-refractivity contribution in [3.63, 3.8) is 0 Å². The Balaban J connectivity index is 2.26. The number of nitro groups is 1. The number of halogens is 1. The highest BCUT2D eigenvalue weighted by Crippen LogP contribution is 2.29. The van der Waals surface area contributed by atoms with Gasteiger partial charge in [0, 0.05) is 27.8 Å². The van der Waals surface area contributed by atoms with Crippen molar-refractivity contribution < 1.29 is 4.92 Å². The van der Waals surface area contributed by atoms with Crippen LogP contribution >= 0.6 is 15.9 Å². The molecule has 0 radical (unpaired) electrons. The summed E-state index contributed by atoms with van der Waals surface area (Å²) in [4.78, 5) is 10.7. The van der Waals surface area contributed by atoms with E-state index in [9.17, 15) is 10.1 Å². The normalized spacial score (nSPS) is 12.0. The van der Waals surface area contributed by atoms with Crippen LogP contribution < -0.4 is 5.32 Å². The first-order valence-corrected chi connectivity index (χ1v) is 7.45. The average molecular weight is 349 g/mol. The molecule has 0 amide bonds. The molecule has 0 bridgehead atoms. The second-order valence-corrected chi connectivity index (χ2v) is 6.01. The molecule has 110 valence electrons.